The van der Waals surface area contributed by atoms with Gasteiger partial charge < -0.3 is 172 Å². The smallest absolute Gasteiger partial charge is 0.187 e. The molecule has 35 atom stereocenters. The van der Waals surface area contributed by atoms with E-state index in [-0.39, 0.29) is 0 Å². The van der Waals surface area contributed by atoms with Gasteiger partial charge in [-0.3, -0.25) is 0 Å². The molecule has 0 aromatic carbocycles. The topological polar surface area (TPSA) is 547 Å². The van der Waals surface area contributed by atoms with Crippen LogP contribution in [0, 0.1) is 0 Å². The molecule has 14 bridgehead atoms. The van der Waals surface area contributed by atoms with Crippen molar-refractivity contribution in [2.24, 2.45) is 0 Å². The van der Waals surface area contributed by atoms with Crippen molar-refractivity contribution in [2.45, 2.75) is 215 Å². The minimum atomic E-state index is -2.17. The molecule has 38 nitrogen and oxygen atoms in total. The molecule has 0 unspecified atom stereocenters. The predicted octanol–water partition coefficient (Wildman–Crippen LogP) is -12.0. The van der Waals surface area contributed by atoms with Crippen molar-refractivity contribution in [3.63, 3.8) is 0 Å². The second-order valence-corrected chi connectivity index (χ2v) is 22.7. The zero-order chi connectivity index (χ0) is 63.3. The summed E-state index contributed by atoms with van der Waals surface area (Å²) in [5, 5.41) is 206. The van der Waals surface area contributed by atoms with Crippen molar-refractivity contribution < 1.29 is 158 Å². The summed E-state index contributed by atoms with van der Waals surface area (Å²) in [6.45, 7) is -6.79. The minimum absolute atomic E-state index is 0.936. The molecule has 0 aliphatic carbocycles. The molecule has 0 amide bonds. The highest BCUT2D eigenvalue weighted by Crippen LogP contribution is 2.43. The third-order valence-electron chi connectivity index (χ3n) is 17.4. The molecule has 0 radical (unpaired) electrons. The van der Waals surface area contributed by atoms with E-state index in [1.165, 1.54) is 69.9 Å². The minimum Gasteiger partial charge on any atom is -0.394 e. The molecule has 24 rings (SSSR count). The van der Waals surface area contributed by atoms with Gasteiger partial charge in [-0.2, -0.15) is 0 Å². The highest BCUT2D eigenvalue weighted by atomic mass is 16.8. The molecule has 3 aromatic rings. The lowest BCUT2D eigenvalue weighted by atomic mass is 9.93. The zero-order valence-electron chi connectivity index (χ0n) is 46.8. The first-order chi connectivity index (χ1) is 42.9. The lowest BCUT2D eigenvalue weighted by molar-refractivity contribution is -0.392. The van der Waals surface area contributed by atoms with E-state index in [4.69, 9.17) is 66.3 Å². The number of hydrogen-bond acceptors (Lipinski definition) is 35. The van der Waals surface area contributed by atoms with Crippen LogP contribution in [0.5, 0.6) is 0 Å². The summed E-state index contributed by atoms with van der Waals surface area (Å²) in [7, 11) is 0. The first kappa shape index (κ1) is 66.8. The highest BCUT2D eigenvalue weighted by Gasteiger charge is 2.60. The van der Waals surface area contributed by atoms with Gasteiger partial charge in [-0.1, -0.05) is 0 Å². The van der Waals surface area contributed by atoms with Crippen LogP contribution in [0.25, 0.3) is 0 Å². The van der Waals surface area contributed by atoms with Crippen molar-refractivity contribution in [1.29, 1.82) is 0 Å². The maximum absolute atomic E-state index is 12.2. The van der Waals surface area contributed by atoms with Crippen molar-refractivity contribution in [3.8, 4) is 0 Å². The molecule has 89 heavy (non-hydrogen) atoms. The Kier molecular flexibility index (Phi) is 21.4. The maximum Gasteiger partial charge on any atom is 0.187 e. The van der Waals surface area contributed by atoms with Gasteiger partial charge in [0.2, 0.25) is 0 Å². The fraction of sp³-hybridized carbons (Fsp3) is 0.824. The standard InChI is InChI=1S/C51H76N6O32/c58-7-17-38-24(55-4-1-52-14-55)27(65)45(76-17)86-41-20(10-61)80-49(35(73)31(41)69)84-39-18(8-59)78-47(29(67)26(39)57-6-3-54-16-57)88-43-22(12-63)82-51(37(75)33(43)71)89-44-23(13-64)81-50(36(74)32(44)70)85-40-19(9-60)77-46(28(66)25(40)56-5-2-53-15-56)87-42-21(11-62)79-48(83-38)34(72)30(42)68/h1-6,14-51,58-75H,7-13H2/t17-,18-,19-,20-,21-,22-,23-,24-,25-,26-,27-,28-,29-,30-,31-,32-,33-,34-,35-,36-,37-,38-,39-,40-,41-,42-,43-,44-,45-,46-,47-,48-,49-,50-,51-/m1/s1. The van der Waals surface area contributed by atoms with E-state index in [9.17, 15) is 91.9 Å². The van der Waals surface area contributed by atoms with Gasteiger partial charge in [0.15, 0.2) is 44.0 Å². The van der Waals surface area contributed by atoms with Crippen molar-refractivity contribution in [3.05, 3.63) is 56.2 Å². The molecule has 21 fully saturated rings. The number of aliphatic hydroxyl groups is 18. The monoisotopic (exact) mass is 1280 g/mol. The molecule has 3 aromatic heterocycles. The molecule has 21 aliphatic rings. The number of hydrogen-bond donors (Lipinski definition) is 18. The molecule has 24 heterocycles. The van der Waals surface area contributed by atoms with Crippen LogP contribution >= 0.6 is 0 Å². The molecule has 18 N–H and O–H groups in total. The molecular weight excluding hydrogens is 1210 g/mol. The third-order valence-corrected chi connectivity index (χ3v) is 17.4. The Hall–Kier alpha value is -3.65. The predicted molar refractivity (Wildman–Crippen MR) is 274 cm³/mol. The number of aliphatic hydroxyl groups excluding tert-OH is 18. The summed E-state index contributed by atoms with van der Waals surface area (Å²) < 4.78 is 88.6. The molecule has 0 spiro atoms. The van der Waals surface area contributed by atoms with E-state index in [0.717, 1.165) is 0 Å². The summed E-state index contributed by atoms with van der Waals surface area (Å²) in [6, 6.07) is -4.34. The largest absolute Gasteiger partial charge is 0.394 e. The Bertz CT molecular complexity index is 2580. The lowest BCUT2D eigenvalue weighted by Gasteiger charge is -2.51. The Labute approximate surface area is 503 Å². The average molecular weight is 1290 g/mol. The van der Waals surface area contributed by atoms with Crippen LogP contribution in [0.2, 0.25) is 0 Å². The number of aromatic nitrogens is 6. The van der Waals surface area contributed by atoms with E-state index in [1.807, 2.05) is 0 Å². The molecule has 0 saturated carbocycles. The average Bonchev–Trinajstić information content (AvgIpc) is 1.70. The number of nitrogens with zero attached hydrogens (tertiary/aromatic N) is 6. The fourth-order valence-corrected chi connectivity index (χ4v) is 12.8. The fourth-order valence-electron chi connectivity index (χ4n) is 12.8. The number of imidazole rings is 3. The van der Waals surface area contributed by atoms with Gasteiger partial charge in [-0.25, -0.2) is 15.0 Å². The second-order valence-electron chi connectivity index (χ2n) is 22.7. The Morgan fingerprint density at radius 3 is 0.596 bits per heavy atom. The zero-order valence-corrected chi connectivity index (χ0v) is 46.8. The maximum atomic E-state index is 12.2. The summed E-state index contributed by atoms with van der Waals surface area (Å²) in [6.07, 6.45) is -48.3. The Balaban J connectivity index is 0.933. The third kappa shape index (κ3) is 12.8. The molecule has 21 aliphatic heterocycles. The second kappa shape index (κ2) is 28.5. The Morgan fingerprint density at radius 2 is 0.416 bits per heavy atom. The van der Waals surface area contributed by atoms with Crippen LogP contribution in [0.3, 0.4) is 0 Å². The molecule has 21 saturated heterocycles. The number of ether oxygens (including phenoxy) is 14. The SMILES string of the molecule is OC[C@H]1O[C@@H]2O[C@H]3[C@H](n4ccnc4)[C@@H](O)[C@@H](O[C@H]4[C@H](O)[C@@H](O)[C@@H](O[C@H]5[C@H](n6ccnc6)[C@@H](O)[C@@H](O[C@H]6[C@H](O)[C@@H](O)[C@@H](O[C@H]7[C@H](n8ccnc8)[C@@H](O)[C@@H](O[C@H]8[C@H](O)[C@@H](O)[C@@H](O[C@H]1[C@H](O)[C@H]2O)O[C@@H]8CO)O[C@@H]7CO)O[C@@H]6CO)O[C@@H]5CO)O[C@@H]4CO)O[C@@H]3CO. The first-order valence-corrected chi connectivity index (χ1v) is 28.7. The van der Waals surface area contributed by atoms with Crippen molar-refractivity contribution in [2.75, 3.05) is 46.2 Å². The van der Waals surface area contributed by atoms with Crippen molar-refractivity contribution in [1.82, 2.24) is 28.7 Å². The first-order valence-electron chi connectivity index (χ1n) is 28.7. The molecule has 38 heteroatoms. The highest BCUT2D eigenvalue weighted by molar-refractivity contribution is 5.05. The number of rotatable bonds is 10. The quantitative estimate of drug-likeness (QED) is 0.0896. The van der Waals surface area contributed by atoms with Crippen LogP contribution in [0.15, 0.2) is 56.2 Å². The van der Waals surface area contributed by atoms with E-state index >= 15 is 0 Å². The molecular formula is C51H76N6O32. The normalized spacial score (nSPS) is 49.5. The van der Waals surface area contributed by atoms with Gasteiger partial charge in [0.1, 0.15) is 153 Å². The summed E-state index contributed by atoms with van der Waals surface area (Å²) >= 11 is 0. The van der Waals surface area contributed by atoms with Gasteiger partial charge in [-0.15, -0.1) is 0 Å². The van der Waals surface area contributed by atoms with Gasteiger partial charge in [-0.05, 0) is 0 Å². The van der Waals surface area contributed by atoms with Crippen LogP contribution in [0.4, 0.5) is 0 Å². The summed E-state index contributed by atoms with van der Waals surface area (Å²) in [5.41, 5.74) is 0. The van der Waals surface area contributed by atoms with E-state index < -0.39 is 261 Å². The van der Waals surface area contributed by atoms with Gasteiger partial charge in [0.25, 0.3) is 0 Å². The Morgan fingerprint density at radius 1 is 0.236 bits per heavy atom. The van der Waals surface area contributed by atoms with Crippen LogP contribution in [-0.4, -0.2) is 363 Å². The van der Waals surface area contributed by atoms with Crippen molar-refractivity contribution >= 4 is 0 Å². The van der Waals surface area contributed by atoms with Gasteiger partial charge in [0.05, 0.1) is 83.4 Å². The van der Waals surface area contributed by atoms with Crippen LogP contribution in [-0.2, 0) is 66.3 Å². The molecule has 502 valence electrons. The van der Waals surface area contributed by atoms with Gasteiger partial charge >= 0.3 is 0 Å². The summed E-state index contributed by atoms with van der Waals surface area (Å²) in [5.74, 6) is 0. The van der Waals surface area contributed by atoms with Gasteiger partial charge in [0, 0.05) is 37.2 Å². The van der Waals surface area contributed by atoms with E-state index in [1.54, 1.807) is 0 Å². The lowest BCUT2D eigenvalue weighted by Crippen LogP contribution is -2.67. The van der Waals surface area contributed by atoms with E-state index in [2.05, 4.69) is 15.0 Å². The van der Waals surface area contributed by atoms with Crippen LogP contribution in [0.1, 0.15) is 18.1 Å². The summed E-state index contributed by atoms with van der Waals surface area (Å²) in [4.78, 5) is 12.1. The van der Waals surface area contributed by atoms with Crippen LogP contribution < -0.4 is 0 Å². The van der Waals surface area contributed by atoms with E-state index in [0.29, 0.717) is 0 Å².